The summed E-state index contributed by atoms with van der Waals surface area (Å²) in [7, 11) is 2.08. The van der Waals surface area contributed by atoms with Gasteiger partial charge in [0.15, 0.2) is 0 Å². The number of nitrogens with two attached hydrogens (primary N) is 1. The van der Waals surface area contributed by atoms with Gasteiger partial charge in [0.1, 0.15) is 0 Å². The summed E-state index contributed by atoms with van der Waals surface area (Å²) >= 11 is 0. The van der Waals surface area contributed by atoms with Crippen molar-refractivity contribution >= 4 is 5.69 Å². The van der Waals surface area contributed by atoms with Crippen LogP contribution >= 0.6 is 0 Å². The van der Waals surface area contributed by atoms with Gasteiger partial charge in [-0.25, -0.2) is 0 Å². The van der Waals surface area contributed by atoms with Crippen molar-refractivity contribution in [3.05, 3.63) is 24.0 Å². The predicted octanol–water partition coefficient (Wildman–Crippen LogP) is 1.95. The van der Waals surface area contributed by atoms with Crippen LogP contribution in [-0.4, -0.2) is 18.6 Å². The lowest BCUT2D eigenvalue weighted by Crippen LogP contribution is -2.18. The Bertz CT molecular complexity index is 266. The lowest BCUT2D eigenvalue weighted by Gasteiger charge is -2.18. The summed E-state index contributed by atoms with van der Waals surface area (Å²) in [6.07, 6.45) is 3.03. The Morgan fingerprint density at radius 1 is 1.50 bits per heavy atom. The van der Waals surface area contributed by atoms with Crippen LogP contribution in [0.4, 0.5) is 5.69 Å². The van der Waals surface area contributed by atoms with Gasteiger partial charge in [0.05, 0.1) is 17.6 Å². The molecule has 1 heterocycles. The molecule has 2 N–H and O–H groups in total. The minimum atomic E-state index is 0.0144. The van der Waals surface area contributed by atoms with Gasteiger partial charge in [-0.15, -0.1) is 0 Å². The number of anilines is 1. The van der Waals surface area contributed by atoms with Crippen molar-refractivity contribution in [2.45, 2.75) is 26.3 Å². The normalized spacial score (nSPS) is 12.6. The summed E-state index contributed by atoms with van der Waals surface area (Å²) in [4.78, 5) is 6.51. The molecule has 3 heteroatoms. The Labute approximate surface area is 85.9 Å². The van der Waals surface area contributed by atoms with Crippen LogP contribution in [0.25, 0.3) is 0 Å². The smallest absolute Gasteiger partial charge is 0.0569 e. The Morgan fingerprint density at radius 2 is 2.21 bits per heavy atom. The van der Waals surface area contributed by atoms with Crippen molar-refractivity contribution in [3.63, 3.8) is 0 Å². The molecule has 0 saturated heterocycles. The molecule has 1 aromatic rings. The molecule has 0 aliphatic rings. The summed E-state index contributed by atoms with van der Waals surface area (Å²) in [5.41, 5.74) is 7.81. The van der Waals surface area contributed by atoms with Gasteiger partial charge in [-0.3, -0.25) is 4.98 Å². The maximum Gasteiger partial charge on any atom is 0.0569 e. The zero-order valence-electron chi connectivity index (χ0n) is 9.20. The van der Waals surface area contributed by atoms with Gasteiger partial charge >= 0.3 is 0 Å². The molecule has 0 saturated carbocycles. The molecule has 1 atom stereocenters. The Hall–Kier alpha value is -1.09. The van der Waals surface area contributed by atoms with Gasteiger partial charge in [-0.1, -0.05) is 6.92 Å². The molecule has 0 aliphatic heterocycles. The van der Waals surface area contributed by atoms with Crippen LogP contribution < -0.4 is 10.6 Å². The summed E-state index contributed by atoms with van der Waals surface area (Å²) in [6, 6.07) is 4.08. The molecule has 0 aromatic carbocycles. The molecule has 1 aromatic heterocycles. The molecule has 0 radical (unpaired) electrons. The fourth-order valence-electron chi connectivity index (χ4n) is 1.36. The van der Waals surface area contributed by atoms with Gasteiger partial charge in [-0.05, 0) is 25.5 Å². The quantitative estimate of drug-likeness (QED) is 0.794. The fraction of sp³-hybridized carbons (Fsp3) is 0.545. The molecule has 0 amide bonds. The summed E-state index contributed by atoms with van der Waals surface area (Å²) in [5, 5.41) is 0. The van der Waals surface area contributed by atoms with Gasteiger partial charge < -0.3 is 10.6 Å². The first-order valence-electron chi connectivity index (χ1n) is 5.07. The molecule has 0 spiro atoms. The van der Waals surface area contributed by atoms with E-state index < -0.39 is 0 Å². The highest BCUT2D eigenvalue weighted by Crippen LogP contribution is 2.14. The first-order valence-corrected chi connectivity index (χ1v) is 5.07. The monoisotopic (exact) mass is 193 g/mol. The highest BCUT2D eigenvalue weighted by atomic mass is 15.1. The molecular weight excluding hydrogens is 174 g/mol. The number of nitrogens with zero attached hydrogens (tertiary/aromatic N) is 2. The molecule has 14 heavy (non-hydrogen) atoms. The summed E-state index contributed by atoms with van der Waals surface area (Å²) in [6.45, 7) is 5.16. The predicted molar refractivity (Wildman–Crippen MR) is 60.4 cm³/mol. The first kappa shape index (κ1) is 11.0. The highest BCUT2D eigenvalue weighted by Gasteiger charge is 2.02. The fourth-order valence-corrected chi connectivity index (χ4v) is 1.36. The standard InChI is InChI=1S/C11H19N3/c1-4-7-14(3)10-5-6-11(9(2)12)13-8-10/h5-6,8-9H,4,7,12H2,1-3H3/t9-/m0/s1. The van der Waals surface area contributed by atoms with Crippen molar-refractivity contribution in [1.29, 1.82) is 0 Å². The van der Waals surface area contributed by atoms with E-state index in [2.05, 4.69) is 29.9 Å². The van der Waals surface area contributed by atoms with E-state index in [-0.39, 0.29) is 6.04 Å². The van der Waals surface area contributed by atoms with Crippen LogP contribution in [0.3, 0.4) is 0 Å². The van der Waals surface area contributed by atoms with Gasteiger partial charge in [0.2, 0.25) is 0 Å². The summed E-state index contributed by atoms with van der Waals surface area (Å²) in [5.74, 6) is 0. The Kier molecular flexibility index (Phi) is 3.89. The SMILES string of the molecule is CCCN(C)c1ccc([C@H](C)N)nc1. The molecule has 0 unspecified atom stereocenters. The van der Waals surface area contributed by atoms with Crippen LogP contribution in [0, 0.1) is 0 Å². The van der Waals surface area contributed by atoms with Crippen molar-refractivity contribution in [1.82, 2.24) is 4.98 Å². The first-order chi connectivity index (χ1) is 6.65. The zero-order chi connectivity index (χ0) is 10.6. The average Bonchev–Trinajstić information content (AvgIpc) is 2.18. The lowest BCUT2D eigenvalue weighted by molar-refractivity contribution is 0.777. The minimum absolute atomic E-state index is 0.0144. The molecule has 78 valence electrons. The van der Waals surface area contributed by atoms with Gasteiger partial charge in [0.25, 0.3) is 0 Å². The van der Waals surface area contributed by atoms with Crippen LogP contribution in [0.2, 0.25) is 0 Å². The van der Waals surface area contributed by atoms with E-state index in [0.717, 1.165) is 24.3 Å². The largest absolute Gasteiger partial charge is 0.373 e. The third-order valence-electron chi connectivity index (χ3n) is 2.24. The number of pyridine rings is 1. The molecule has 0 fully saturated rings. The van der Waals surface area contributed by atoms with E-state index in [1.807, 2.05) is 19.2 Å². The van der Waals surface area contributed by atoms with E-state index in [0.29, 0.717) is 0 Å². The topological polar surface area (TPSA) is 42.1 Å². The molecule has 0 bridgehead atoms. The molecule has 3 nitrogen and oxygen atoms in total. The van der Waals surface area contributed by atoms with Crippen LogP contribution in [0.15, 0.2) is 18.3 Å². The third-order valence-corrected chi connectivity index (χ3v) is 2.24. The van der Waals surface area contributed by atoms with E-state index >= 15 is 0 Å². The second kappa shape index (κ2) is 4.96. The molecular formula is C11H19N3. The number of hydrogen-bond donors (Lipinski definition) is 1. The van der Waals surface area contributed by atoms with Crippen molar-refractivity contribution in [2.75, 3.05) is 18.5 Å². The second-order valence-corrected chi connectivity index (χ2v) is 3.65. The highest BCUT2D eigenvalue weighted by molar-refractivity contribution is 5.43. The summed E-state index contributed by atoms with van der Waals surface area (Å²) < 4.78 is 0. The van der Waals surface area contributed by atoms with Crippen LogP contribution in [0.1, 0.15) is 32.0 Å². The van der Waals surface area contributed by atoms with E-state index in [1.165, 1.54) is 0 Å². The average molecular weight is 193 g/mol. The van der Waals surface area contributed by atoms with E-state index in [9.17, 15) is 0 Å². The Morgan fingerprint density at radius 3 is 2.64 bits per heavy atom. The maximum atomic E-state index is 5.72. The number of aromatic nitrogens is 1. The van der Waals surface area contributed by atoms with E-state index in [4.69, 9.17) is 5.73 Å². The number of rotatable bonds is 4. The lowest BCUT2D eigenvalue weighted by atomic mass is 10.2. The van der Waals surface area contributed by atoms with Gasteiger partial charge in [-0.2, -0.15) is 0 Å². The second-order valence-electron chi connectivity index (χ2n) is 3.65. The maximum absolute atomic E-state index is 5.72. The molecule has 1 rings (SSSR count). The van der Waals surface area contributed by atoms with Crippen molar-refractivity contribution in [3.8, 4) is 0 Å². The van der Waals surface area contributed by atoms with Crippen molar-refractivity contribution in [2.24, 2.45) is 5.73 Å². The van der Waals surface area contributed by atoms with Crippen LogP contribution in [-0.2, 0) is 0 Å². The minimum Gasteiger partial charge on any atom is -0.373 e. The number of hydrogen-bond acceptors (Lipinski definition) is 3. The van der Waals surface area contributed by atoms with Crippen LogP contribution in [0.5, 0.6) is 0 Å². The zero-order valence-corrected chi connectivity index (χ0v) is 9.20. The molecule has 0 aliphatic carbocycles. The third kappa shape index (κ3) is 2.70. The Balaban J connectivity index is 2.72. The van der Waals surface area contributed by atoms with Gasteiger partial charge in [0, 0.05) is 19.6 Å². The van der Waals surface area contributed by atoms with Crippen molar-refractivity contribution < 1.29 is 0 Å². The van der Waals surface area contributed by atoms with E-state index in [1.54, 1.807) is 0 Å².